The summed E-state index contributed by atoms with van der Waals surface area (Å²) in [6.07, 6.45) is 1.90. The number of hydrogen-bond acceptors (Lipinski definition) is 5. The first-order valence-corrected chi connectivity index (χ1v) is 7.92. The molecule has 0 aliphatic carbocycles. The molecule has 0 radical (unpaired) electrons. The highest BCUT2D eigenvalue weighted by atomic mass is 32.2. The predicted molar refractivity (Wildman–Crippen MR) is 82.3 cm³/mol. The number of hydrogen-bond donors (Lipinski definition) is 0. The summed E-state index contributed by atoms with van der Waals surface area (Å²) in [7, 11) is 1.35. The van der Waals surface area contributed by atoms with Crippen molar-refractivity contribution in [1.29, 1.82) is 5.26 Å². The third-order valence-electron chi connectivity index (χ3n) is 2.88. The van der Waals surface area contributed by atoms with Crippen LogP contribution in [0.3, 0.4) is 0 Å². The van der Waals surface area contributed by atoms with Crippen LogP contribution in [0.15, 0.2) is 28.5 Å². The molecule has 0 saturated heterocycles. The number of benzene rings is 1. The SMILES string of the molecule is COC(=O)c1sc(SC)c(C#N)c1-c1ccc(C)cc1. The van der Waals surface area contributed by atoms with Crippen LogP contribution in [-0.4, -0.2) is 19.3 Å². The summed E-state index contributed by atoms with van der Waals surface area (Å²) in [5.74, 6) is -0.401. The average molecular weight is 303 g/mol. The van der Waals surface area contributed by atoms with Gasteiger partial charge in [0, 0.05) is 5.56 Å². The Morgan fingerprint density at radius 2 is 2.00 bits per heavy atom. The second-order valence-corrected chi connectivity index (χ2v) is 6.24. The molecular weight excluding hydrogens is 290 g/mol. The lowest BCUT2D eigenvalue weighted by Crippen LogP contribution is -2.00. The number of carbonyl (C=O) groups excluding carboxylic acids is 1. The molecule has 0 atom stereocenters. The number of thiophene rings is 1. The summed E-state index contributed by atoms with van der Waals surface area (Å²) in [4.78, 5) is 12.4. The number of methoxy groups -OCH3 is 1. The topological polar surface area (TPSA) is 50.1 Å². The van der Waals surface area contributed by atoms with Gasteiger partial charge in [-0.1, -0.05) is 29.8 Å². The van der Waals surface area contributed by atoms with Gasteiger partial charge in [-0.3, -0.25) is 0 Å². The van der Waals surface area contributed by atoms with Crippen LogP contribution in [-0.2, 0) is 4.74 Å². The van der Waals surface area contributed by atoms with Gasteiger partial charge in [0.25, 0.3) is 0 Å². The van der Waals surface area contributed by atoms with E-state index in [1.165, 1.54) is 30.2 Å². The Labute approximate surface area is 126 Å². The Bertz CT molecular complexity index is 681. The molecule has 0 spiro atoms. The van der Waals surface area contributed by atoms with Gasteiger partial charge in [0.05, 0.1) is 16.9 Å². The number of nitriles is 1. The van der Waals surface area contributed by atoms with E-state index in [0.29, 0.717) is 16.0 Å². The van der Waals surface area contributed by atoms with Gasteiger partial charge >= 0.3 is 5.97 Å². The molecule has 0 amide bonds. The minimum Gasteiger partial charge on any atom is -0.465 e. The third-order valence-corrected chi connectivity index (χ3v) is 5.17. The lowest BCUT2D eigenvalue weighted by atomic mass is 10.0. The van der Waals surface area contributed by atoms with Crippen molar-refractivity contribution in [2.24, 2.45) is 0 Å². The fourth-order valence-electron chi connectivity index (χ4n) is 1.89. The Balaban J connectivity index is 2.71. The number of rotatable bonds is 3. The maximum Gasteiger partial charge on any atom is 0.348 e. The normalized spacial score (nSPS) is 10.1. The molecule has 20 heavy (non-hydrogen) atoms. The van der Waals surface area contributed by atoms with Crippen molar-refractivity contribution in [1.82, 2.24) is 0 Å². The molecule has 0 N–H and O–H groups in total. The molecular formula is C15H13NO2S2. The first kappa shape index (κ1) is 14.6. The summed E-state index contributed by atoms with van der Waals surface area (Å²) in [6, 6.07) is 9.99. The van der Waals surface area contributed by atoms with E-state index in [9.17, 15) is 10.1 Å². The number of thioether (sulfide) groups is 1. The molecule has 0 aliphatic rings. The summed E-state index contributed by atoms with van der Waals surface area (Å²) in [5, 5.41) is 9.41. The van der Waals surface area contributed by atoms with Crippen molar-refractivity contribution in [2.45, 2.75) is 11.1 Å². The maximum atomic E-state index is 11.9. The molecule has 0 bridgehead atoms. The van der Waals surface area contributed by atoms with Crippen LogP contribution in [0.4, 0.5) is 0 Å². The maximum absolute atomic E-state index is 11.9. The van der Waals surface area contributed by atoms with Crippen LogP contribution in [0.5, 0.6) is 0 Å². The monoisotopic (exact) mass is 303 g/mol. The lowest BCUT2D eigenvalue weighted by Gasteiger charge is -2.04. The van der Waals surface area contributed by atoms with Crippen LogP contribution in [0.1, 0.15) is 20.8 Å². The Hall–Kier alpha value is -1.77. The summed E-state index contributed by atoms with van der Waals surface area (Å²) in [5.41, 5.74) is 3.22. The number of aryl methyl sites for hydroxylation is 1. The quantitative estimate of drug-likeness (QED) is 0.632. The largest absolute Gasteiger partial charge is 0.465 e. The molecule has 0 unspecified atom stereocenters. The highest BCUT2D eigenvalue weighted by Gasteiger charge is 2.24. The zero-order chi connectivity index (χ0) is 14.7. The van der Waals surface area contributed by atoms with Crippen molar-refractivity contribution in [3.05, 3.63) is 40.3 Å². The molecule has 1 heterocycles. The first-order valence-electron chi connectivity index (χ1n) is 5.88. The molecule has 1 aromatic carbocycles. The zero-order valence-electron chi connectivity index (χ0n) is 11.4. The van der Waals surface area contributed by atoms with Gasteiger partial charge in [-0.15, -0.1) is 23.1 Å². The second-order valence-electron chi connectivity index (χ2n) is 4.14. The van der Waals surface area contributed by atoms with E-state index in [2.05, 4.69) is 6.07 Å². The molecule has 1 aromatic heterocycles. The van der Waals surface area contributed by atoms with Gasteiger partial charge in [-0.2, -0.15) is 5.26 Å². The van der Waals surface area contributed by atoms with Crippen LogP contribution < -0.4 is 0 Å². The molecule has 0 saturated carbocycles. The molecule has 3 nitrogen and oxygen atoms in total. The number of ether oxygens (including phenoxy) is 1. The predicted octanol–water partition coefficient (Wildman–Crippen LogP) is 4.10. The Morgan fingerprint density at radius 3 is 2.50 bits per heavy atom. The van der Waals surface area contributed by atoms with Crippen molar-refractivity contribution in [2.75, 3.05) is 13.4 Å². The van der Waals surface area contributed by atoms with Crippen molar-refractivity contribution in [3.63, 3.8) is 0 Å². The van der Waals surface area contributed by atoms with Crippen LogP contribution in [0.25, 0.3) is 11.1 Å². The Morgan fingerprint density at radius 1 is 1.35 bits per heavy atom. The van der Waals surface area contributed by atoms with Gasteiger partial charge < -0.3 is 4.74 Å². The number of esters is 1. The van der Waals surface area contributed by atoms with E-state index in [4.69, 9.17) is 4.74 Å². The summed E-state index contributed by atoms with van der Waals surface area (Å²) < 4.78 is 5.67. The van der Waals surface area contributed by atoms with Gasteiger partial charge in [0.15, 0.2) is 0 Å². The van der Waals surface area contributed by atoms with Crippen LogP contribution in [0, 0.1) is 18.3 Å². The highest BCUT2D eigenvalue weighted by Crippen LogP contribution is 2.41. The highest BCUT2D eigenvalue weighted by molar-refractivity contribution is 8.00. The fraction of sp³-hybridized carbons (Fsp3) is 0.200. The van der Waals surface area contributed by atoms with E-state index < -0.39 is 5.97 Å². The average Bonchev–Trinajstić information content (AvgIpc) is 2.85. The van der Waals surface area contributed by atoms with E-state index in [-0.39, 0.29) is 0 Å². The molecule has 5 heteroatoms. The van der Waals surface area contributed by atoms with Gasteiger partial charge in [0.1, 0.15) is 10.9 Å². The second kappa shape index (κ2) is 6.12. The molecule has 2 aromatic rings. The van der Waals surface area contributed by atoms with Crippen molar-refractivity contribution >= 4 is 29.1 Å². The van der Waals surface area contributed by atoms with Crippen LogP contribution in [0.2, 0.25) is 0 Å². The van der Waals surface area contributed by atoms with Crippen molar-refractivity contribution < 1.29 is 9.53 Å². The molecule has 102 valence electrons. The van der Waals surface area contributed by atoms with Gasteiger partial charge in [-0.25, -0.2) is 4.79 Å². The first-order chi connectivity index (χ1) is 9.62. The summed E-state index contributed by atoms with van der Waals surface area (Å²) >= 11 is 2.78. The standard InChI is InChI=1S/C15H13NO2S2/c1-9-4-6-10(7-5-9)12-11(8-16)15(19-3)20-13(12)14(17)18-2/h4-7H,1-3H3. The van der Waals surface area contributed by atoms with Gasteiger partial charge in [-0.05, 0) is 18.7 Å². The molecule has 2 rings (SSSR count). The smallest absolute Gasteiger partial charge is 0.348 e. The number of nitrogens with zero attached hydrogens (tertiary/aromatic N) is 1. The lowest BCUT2D eigenvalue weighted by molar-refractivity contribution is 0.0607. The van der Waals surface area contributed by atoms with Crippen molar-refractivity contribution in [3.8, 4) is 17.2 Å². The van der Waals surface area contributed by atoms with E-state index in [1.54, 1.807) is 0 Å². The molecule has 0 fully saturated rings. The van der Waals surface area contributed by atoms with Crippen LogP contribution >= 0.6 is 23.1 Å². The summed E-state index contributed by atoms with van der Waals surface area (Å²) in [6.45, 7) is 2.00. The zero-order valence-corrected chi connectivity index (χ0v) is 13.0. The van der Waals surface area contributed by atoms with E-state index in [0.717, 1.165) is 15.3 Å². The Kier molecular flexibility index (Phi) is 4.48. The minimum atomic E-state index is -0.401. The number of carbonyl (C=O) groups is 1. The molecule has 0 aliphatic heterocycles. The van der Waals surface area contributed by atoms with Gasteiger partial charge in [0.2, 0.25) is 0 Å². The minimum absolute atomic E-state index is 0.401. The van der Waals surface area contributed by atoms with E-state index >= 15 is 0 Å². The fourth-order valence-corrected chi connectivity index (χ4v) is 3.75. The third kappa shape index (κ3) is 2.58. The van der Waals surface area contributed by atoms with E-state index in [1.807, 2.05) is 37.4 Å².